The Labute approximate surface area is 554 Å². The minimum absolute atomic E-state index is 0. The standard InChI is InChI=1S/C28H36Cl3N3O.C22H26Cl3N3.C6H14O.C4H6O3.C2H3O.BO.Na.H2O/c1-28(2,3)17-27(35)33-12-10-20(11-13-33)18-32-14-15-34(25-9-8-23(30)16-24(25)31)26(19-32)21-4-6-22(29)7-5-21;23-18-3-1-17(2-4-18)22-15-27(14-16-7-9-26-10-8-16)11-12-28(22)21-6-5-19(24)13-20(21)25;1-6(2,3)5-7-4;1-3(5)7-4(2)6;1-2-3;1-2;;/h4-9,16,20,26H,10-15,17-19H2,1-3H3;1-6,13,16,22,26H,7-12,14-15H2;5H2,1-4H3;1-2H3;1H3;;;1H2/q;;;;-1;;+1;/t26-;22-;;;;;;/m00....../s1. The molecule has 0 aromatic heterocycles. The maximum atomic E-state index is 12.6. The first-order valence-corrected chi connectivity index (χ1v) is 30.1. The van der Waals surface area contributed by atoms with Gasteiger partial charge in [0, 0.05) is 113 Å². The molecular weight excluding hydrogens is 1200 g/mol. The molecule has 4 aliphatic rings. The Morgan fingerprint density at radius 2 is 0.964 bits per heavy atom. The van der Waals surface area contributed by atoms with Gasteiger partial charge >= 0.3 is 53.9 Å². The molecule has 0 saturated carbocycles. The van der Waals surface area contributed by atoms with E-state index in [9.17, 15) is 14.4 Å². The largest absolute Gasteiger partial charge is 1.00 e. The number of piperazine rings is 2. The zero-order valence-electron chi connectivity index (χ0n) is 51.1. The van der Waals surface area contributed by atoms with Crippen molar-refractivity contribution in [2.75, 3.05) is 102 Å². The fraction of sp³-hybridized carbons (Fsp3) is 0.548. The molecule has 8 rings (SSSR count). The van der Waals surface area contributed by atoms with E-state index in [1.807, 2.05) is 60.7 Å². The molecule has 14 nitrogen and oxygen atoms in total. The molecule has 0 unspecified atom stereocenters. The molecule has 4 aliphatic heterocycles. The third-order valence-corrected chi connectivity index (χ3v) is 15.5. The van der Waals surface area contributed by atoms with Crippen LogP contribution in [0, 0.1) is 22.7 Å². The molecule has 1 amide bonds. The third-order valence-electron chi connectivity index (χ3n) is 13.9. The summed E-state index contributed by atoms with van der Waals surface area (Å²) in [4.78, 5) is 53.0. The van der Waals surface area contributed by atoms with Crippen LogP contribution in [0.15, 0.2) is 84.9 Å². The van der Waals surface area contributed by atoms with Crippen LogP contribution >= 0.6 is 69.6 Å². The zero-order valence-corrected chi connectivity index (χ0v) is 57.6. The number of halogens is 6. The maximum absolute atomic E-state index is 12.6. The number of piperidine rings is 2. The van der Waals surface area contributed by atoms with Crippen molar-refractivity contribution in [3.8, 4) is 0 Å². The summed E-state index contributed by atoms with van der Waals surface area (Å²) in [7, 11) is 4.98. The van der Waals surface area contributed by atoms with E-state index in [1.54, 1.807) is 7.11 Å². The molecule has 4 aromatic carbocycles. The van der Waals surface area contributed by atoms with Gasteiger partial charge in [-0.05, 0) is 133 Å². The van der Waals surface area contributed by atoms with Gasteiger partial charge in [-0.2, -0.15) is 6.92 Å². The van der Waals surface area contributed by atoms with E-state index in [0.29, 0.717) is 43.8 Å². The number of carbonyl (C=O) groups excluding carboxylic acids is 4. The molecule has 3 N–H and O–H groups in total. The number of carbonyl (C=O) groups is 3. The fourth-order valence-electron chi connectivity index (χ4n) is 10.3. The molecule has 84 heavy (non-hydrogen) atoms. The zero-order chi connectivity index (χ0) is 61.2. The Morgan fingerprint density at radius 3 is 1.27 bits per heavy atom. The Bertz CT molecular complexity index is 2560. The van der Waals surface area contributed by atoms with Crippen LogP contribution < -0.4 is 44.7 Å². The van der Waals surface area contributed by atoms with Crippen molar-refractivity contribution >= 4 is 113 Å². The number of hydrogen-bond donors (Lipinski definition) is 1. The van der Waals surface area contributed by atoms with E-state index >= 15 is 0 Å². The van der Waals surface area contributed by atoms with E-state index in [-0.39, 0.29) is 52.5 Å². The Balaban J connectivity index is 0.000000639. The topological polar surface area (TPSA) is 164 Å². The average molecular weight is 1290 g/mol. The second-order valence-electron chi connectivity index (χ2n) is 23.3. The van der Waals surface area contributed by atoms with Crippen LogP contribution in [0.2, 0.25) is 30.1 Å². The number of rotatable bonds is 10. The molecular formula is C62H87BCl6N6NaO8. The van der Waals surface area contributed by atoms with Crippen LogP contribution in [0.25, 0.3) is 0 Å². The van der Waals surface area contributed by atoms with Crippen molar-refractivity contribution in [2.45, 2.75) is 107 Å². The van der Waals surface area contributed by atoms with Crippen molar-refractivity contribution in [1.82, 2.24) is 20.0 Å². The van der Waals surface area contributed by atoms with Crippen molar-refractivity contribution < 1.29 is 68.4 Å². The van der Waals surface area contributed by atoms with Gasteiger partial charge in [0.2, 0.25) is 5.91 Å². The van der Waals surface area contributed by atoms with Crippen molar-refractivity contribution in [3.05, 3.63) is 126 Å². The van der Waals surface area contributed by atoms with E-state index in [1.165, 1.54) is 57.6 Å². The maximum Gasteiger partial charge on any atom is 1.00 e. The molecule has 459 valence electrons. The monoisotopic (exact) mass is 1290 g/mol. The summed E-state index contributed by atoms with van der Waals surface area (Å²) in [6.07, 6.45) is 6.81. The van der Waals surface area contributed by atoms with Gasteiger partial charge < -0.3 is 39.8 Å². The number of anilines is 2. The number of benzene rings is 4. The second kappa shape index (κ2) is 40.7. The number of nitrogens with one attached hydrogen (secondary N) is 1. The van der Waals surface area contributed by atoms with Crippen LogP contribution in [-0.2, 0) is 33.4 Å². The van der Waals surface area contributed by atoms with Crippen molar-refractivity contribution in [2.24, 2.45) is 22.7 Å². The number of nitrogens with zero attached hydrogens (tertiary/aromatic N) is 5. The SMILES string of the molecule is CC(=O)OC(C)=O.CC(C)(C)CC(=O)N1CCC(CN2CCN(c3ccc(Cl)cc3Cl)[C@H](c3ccc(Cl)cc3)C2)CC1.COCC(C)(C)C.C[C-]=O.Clc1ccc([C@@H]2CN(CC3CCNCC3)CCN2c2ccc(Cl)cc2Cl)cc1.O.[B]=O.[Na+]. The summed E-state index contributed by atoms with van der Waals surface area (Å²) < 4.78 is 16.6. The van der Waals surface area contributed by atoms with Gasteiger partial charge in [0.15, 0.2) is 0 Å². The summed E-state index contributed by atoms with van der Waals surface area (Å²) in [5, 5.41) is 7.67. The Hall–Kier alpha value is -2.84. The molecule has 4 aromatic rings. The molecule has 0 spiro atoms. The van der Waals surface area contributed by atoms with Gasteiger partial charge in [-0.25, -0.2) is 0 Å². The van der Waals surface area contributed by atoms with E-state index in [2.05, 4.69) is 108 Å². The summed E-state index contributed by atoms with van der Waals surface area (Å²) >= 11 is 37.8. The predicted octanol–water partition coefficient (Wildman–Crippen LogP) is 10.3. The predicted molar refractivity (Wildman–Crippen MR) is 343 cm³/mol. The van der Waals surface area contributed by atoms with E-state index < -0.39 is 11.9 Å². The van der Waals surface area contributed by atoms with Crippen LogP contribution in [0.5, 0.6) is 0 Å². The first-order chi connectivity index (χ1) is 38.8. The molecule has 1 radical (unpaired) electrons. The summed E-state index contributed by atoms with van der Waals surface area (Å²) in [5.74, 6) is 0.579. The van der Waals surface area contributed by atoms with Crippen molar-refractivity contribution in [1.29, 1.82) is 0 Å². The molecule has 2 atom stereocenters. The smallest absolute Gasteiger partial charge is 1.00 e. The normalized spacial score (nSPS) is 17.6. The Kier molecular flexibility index (Phi) is 38.3. The summed E-state index contributed by atoms with van der Waals surface area (Å²) in [6, 6.07) is 28.3. The Morgan fingerprint density at radius 1 is 0.595 bits per heavy atom. The van der Waals surface area contributed by atoms with E-state index in [0.717, 1.165) is 119 Å². The van der Waals surface area contributed by atoms with Gasteiger partial charge in [0.25, 0.3) is 0 Å². The van der Waals surface area contributed by atoms with Crippen molar-refractivity contribution in [3.63, 3.8) is 0 Å². The molecule has 22 heteroatoms. The third kappa shape index (κ3) is 29.4. The summed E-state index contributed by atoms with van der Waals surface area (Å²) in [5.41, 5.74) is 4.93. The molecule has 0 bridgehead atoms. The van der Waals surface area contributed by atoms with Gasteiger partial charge in [0.05, 0.1) is 40.1 Å². The number of hydrogen-bond acceptors (Lipinski definition) is 12. The number of amides is 1. The molecule has 4 saturated heterocycles. The minimum atomic E-state index is -0.562. The second-order valence-corrected chi connectivity index (χ2v) is 25.8. The quantitative estimate of drug-likeness (QED) is 0.0693. The van der Waals surface area contributed by atoms with Crippen LogP contribution in [-0.4, -0.2) is 144 Å². The number of esters is 2. The number of methoxy groups -OCH3 is 1. The minimum Gasteiger partial charge on any atom is 1.00 e. The average Bonchev–Trinajstić information content (AvgIpc) is 3.42. The van der Waals surface area contributed by atoms with Crippen LogP contribution in [0.3, 0.4) is 0 Å². The number of ether oxygens (including phenoxy) is 2. The van der Waals surface area contributed by atoms with Crippen LogP contribution in [0.1, 0.15) is 118 Å². The summed E-state index contributed by atoms with van der Waals surface area (Å²) in [6.45, 7) is 29.4. The number of likely N-dealkylation sites (tertiary alicyclic amines) is 1. The molecule has 4 heterocycles. The first-order valence-electron chi connectivity index (χ1n) is 27.9. The van der Waals surface area contributed by atoms with Gasteiger partial charge in [-0.3, -0.25) is 30.5 Å². The van der Waals surface area contributed by atoms with Gasteiger partial charge in [0.1, 0.15) is 0 Å². The van der Waals surface area contributed by atoms with Gasteiger partial charge in [-0.15, -0.1) is 0 Å². The molecule has 4 fully saturated rings. The first kappa shape index (κ1) is 79.2. The van der Waals surface area contributed by atoms with E-state index in [4.69, 9.17) is 83.8 Å². The molecule has 0 aliphatic carbocycles. The fourth-order valence-corrected chi connectivity index (χ4v) is 11.6. The van der Waals surface area contributed by atoms with Crippen LogP contribution in [0.4, 0.5) is 11.4 Å². The van der Waals surface area contributed by atoms with Gasteiger partial charge in [-0.1, -0.05) is 135 Å².